The standard InChI is InChI=1S/C30H39NO2Si/c1-30(2,3)34(25-11-6-4-7-12-25,26-13-8-5-9-14-26)33-22-21-24-18-17-23-19-20-27-28(31(23)24)15-10-16-29(27)32/h4-9,11-14,23-24H,10,15-22H2,1-3H3/t23-,24-/m0/s1. The minimum absolute atomic E-state index is 0.00449. The quantitative estimate of drug-likeness (QED) is 0.513. The second-order valence-electron chi connectivity index (χ2n) is 11.3. The smallest absolute Gasteiger partial charge is 0.261 e. The molecular weight excluding hydrogens is 434 g/mol. The molecule has 34 heavy (non-hydrogen) atoms. The zero-order valence-corrected chi connectivity index (χ0v) is 22.1. The summed E-state index contributed by atoms with van der Waals surface area (Å²) in [7, 11) is -2.49. The summed E-state index contributed by atoms with van der Waals surface area (Å²) in [6.45, 7) is 7.80. The molecule has 2 heterocycles. The number of hydrogen-bond acceptors (Lipinski definition) is 3. The fourth-order valence-corrected chi connectivity index (χ4v) is 11.4. The molecule has 2 aromatic rings. The van der Waals surface area contributed by atoms with Crippen LogP contribution < -0.4 is 10.4 Å². The van der Waals surface area contributed by atoms with Gasteiger partial charge in [-0.05, 0) is 60.4 Å². The van der Waals surface area contributed by atoms with Crippen molar-refractivity contribution in [3.63, 3.8) is 0 Å². The summed E-state index contributed by atoms with van der Waals surface area (Å²) in [5.41, 5.74) is 2.54. The second kappa shape index (κ2) is 9.47. The van der Waals surface area contributed by atoms with Crippen molar-refractivity contribution in [1.29, 1.82) is 0 Å². The maximum atomic E-state index is 12.6. The van der Waals surface area contributed by atoms with Gasteiger partial charge >= 0.3 is 0 Å². The molecule has 2 aromatic carbocycles. The lowest BCUT2D eigenvalue weighted by Crippen LogP contribution is -2.66. The Morgan fingerprint density at radius 1 is 0.882 bits per heavy atom. The van der Waals surface area contributed by atoms with Gasteiger partial charge in [0.1, 0.15) is 0 Å². The van der Waals surface area contributed by atoms with Gasteiger partial charge in [-0.15, -0.1) is 0 Å². The summed E-state index contributed by atoms with van der Waals surface area (Å²) in [6, 6.07) is 23.0. The summed E-state index contributed by atoms with van der Waals surface area (Å²) in [5.74, 6) is 0.411. The highest BCUT2D eigenvalue weighted by molar-refractivity contribution is 6.99. The van der Waals surface area contributed by atoms with E-state index in [9.17, 15) is 4.79 Å². The number of Topliss-reactive ketones (excluding diaryl/α,β-unsaturated/α-hetero) is 1. The van der Waals surface area contributed by atoms with Crippen LogP contribution in [0.1, 0.15) is 72.1 Å². The summed E-state index contributed by atoms with van der Waals surface area (Å²) >= 11 is 0. The highest BCUT2D eigenvalue weighted by Crippen LogP contribution is 2.43. The van der Waals surface area contributed by atoms with Gasteiger partial charge in [0.25, 0.3) is 8.32 Å². The number of nitrogens with zero attached hydrogens (tertiary/aromatic N) is 1. The van der Waals surface area contributed by atoms with Crippen molar-refractivity contribution in [2.24, 2.45) is 0 Å². The van der Waals surface area contributed by atoms with Gasteiger partial charge in [0.15, 0.2) is 5.78 Å². The third-order valence-electron chi connectivity index (χ3n) is 8.35. The van der Waals surface area contributed by atoms with Gasteiger partial charge < -0.3 is 9.33 Å². The van der Waals surface area contributed by atoms with E-state index >= 15 is 0 Å². The summed E-state index contributed by atoms with van der Waals surface area (Å²) in [4.78, 5) is 15.3. The molecule has 0 bridgehead atoms. The largest absolute Gasteiger partial charge is 0.407 e. The van der Waals surface area contributed by atoms with Crippen LogP contribution in [0.5, 0.6) is 0 Å². The fraction of sp³-hybridized carbons (Fsp3) is 0.500. The molecule has 0 amide bonds. The van der Waals surface area contributed by atoms with Crippen LogP contribution in [-0.2, 0) is 9.22 Å². The van der Waals surface area contributed by atoms with Gasteiger partial charge in [-0.1, -0.05) is 81.4 Å². The minimum Gasteiger partial charge on any atom is -0.407 e. The van der Waals surface area contributed by atoms with Gasteiger partial charge in [0.2, 0.25) is 0 Å². The molecule has 4 heteroatoms. The van der Waals surface area contributed by atoms with Gasteiger partial charge in [0, 0.05) is 36.4 Å². The first kappa shape index (κ1) is 23.6. The zero-order chi connectivity index (χ0) is 23.8. The normalized spacial score (nSPS) is 23.1. The van der Waals surface area contributed by atoms with Crippen LogP contribution >= 0.6 is 0 Å². The Morgan fingerprint density at radius 2 is 1.53 bits per heavy atom. The first-order valence-corrected chi connectivity index (χ1v) is 15.1. The first-order valence-electron chi connectivity index (χ1n) is 13.2. The van der Waals surface area contributed by atoms with Crippen LogP contribution in [0.2, 0.25) is 5.04 Å². The van der Waals surface area contributed by atoms with Crippen LogP contribution in [0.25, 0.3) is 0 Å². The lowest BCUT2D eigenvalue weighted by molar-refractivity contribution is -0.116. The van der Waals surface area contributed by atoms with Crippen molar-refractivity contribution < 1.29 is 9.22 Å². The maximum absolute atomic E-state index is 12.6. The van der Waals surface area contributed by atoms with Gasteiger partial charge in [0.05, 0.1) is 0 Å². The second-order valence-corrected chi connectivity index (χ2v) is 15.6. The van der Waals surface area contributed by atoms with E-state index in [0.29, 0.717) is 17.9 Å². The molecule has 2 atom stereocenters. The van der Waals surface area contributed by atoms with Crippen LogP contribution in [0.4, 0.5) is 0 Å². The Morgan fingerprint density at radius 3 is 2.15 bits per heavy atom. The summed E-state index contributed by atoms with van der Waals surface area (Å²) < 4.78 is 7.19. The van der Waals surface area contributed by atoms with E-state index in [0.717, 1.165) is 50.7 Å². The highest BCUT2D eigenvalue weighted by Gasteiger charge is 2.50. The van der Waals surface area contributed by atoms with Gasteiger partial charge in [-0.25, -0.2) is 0 Å². The molecule has 0 saturated carbocycles. The Bertz CT molecular complexity index is 1000. The van der Waals surface area contributed by atoms with Crippen LogP contribution in [0, 0.1) is 0 Å². The van der Waals surface area contributed by atoms with E-state index in [1.165, 1.54) is 28.9 Å². The molecule has 0 radical (unpaired) electrons. The predicted octanol–water partition coefficient (Wildman–Crippen LogP) is 5.59. The van der Waals surface area contributed by atoms with Crippen molar-refractivity contribution in [2.75, 3.05) is 6.61 Å². The first-order chi connectivity index (χ1) is 16.4. The van der Waals surface area contributed by atoms with Crippen LogP contribution in [-0.4, -0.2) is 37.7 Å². The maximum Gasteiger partial charge on any atom is 0.261 e. The third kappa shape index (κ3) is 4.09. The van der Waals surface area contributed by atoms with E-state index < -0.39 is 8.32 Å². The number of benzene rings is 2. The van der Waals surface area contributed by atoms with E-state index in [4.69, 9.17) is 4.43 Å². The average molecular weight is 474 g/mol. The Balaban J connectivity index is 1.42. The Labute approximate surface area is 206 Å². The lowest BCUT2D eigenvalue weighted by Gasteiger charge is -2.44. The van der Waals surface area contributed by atoms with Gasteiger partial charge in [-0.3, -0.25) is 4.79 Å². The molecule has 1 fully saturated rings. The van der Waals surface area contributed by atoms with E-state index in [1.807, 2.05) is 0 Å². The monoisotopic (exact) mass is 473 g/mol. The average Bonchev–Trinajstić information content (AvgIpc) is 3.26. The highest BCUT2D eigenvalue weighted by atomic mass is 28.4. The molecule has 180 valence electrons. The molecule has 0 aromatic heterocycles. The molecule has 0 N–H and O–H groups in total. The Hall–Kier alpha value is -2.17. The minimum atomic E-state index is -2.49. The van der Waals surface area contributed by atoms with Gasteiger partial charge in [-0.2, -0.15) is 0 Å². The molecule has 1 aliphatic carbocycles. The molecule has 3 nitrogen and oxygen atoms in total. The number of allylic oxidation sites excluding steroid dienone is 2. The number of carbonyl (C=O) groups is 1. The van der Waals surface area contributed by atoms with E-state index in [-0.39, 0.29) is 5.04 Å². The molecule has 1 saturated heterocycles. The number of carbonyl (C=O) groups excluding carboxylic acids is 1. The number of hydrogen-bond donors (Lipinski definition) is 0. The van der Waals surface area contributed by atoms with Crippen molar-refractivity contribution in [3.05, 3.63) is 71.9 Å². The molecule has 2 aliphatic heterocycles. The van der Waals surface area contributed by atoms with Crippen molar-refractivity contribution >= 4 is 24.5 Å². The molecule has 0 unspecified atom stereocenters. The third-order valence-corrected chi connectivity index (χ3v) is 13.4. The fourth-order valence-electron chi connectivity index (χ4n) is 6.84. The van der Waals surface area contributed by atoms with Crippen LogP contribution in [0.3, 0.4) is 0 Å². The molecular formula is C30H39NO2Si. The summed E-state index contributed by atoms with van der Waals surface area (Å²) in [6.07, 6.45) is 8.52. The predicted molar refractivity (Wildman–Crippen MR) is 142 cm³/mol. The van der Waals surface area contributed by atoms with E-state index in [2.05, 4.69) is 86.3 Å². The van der Waals surface area contributed by atoms with Crippen molar-refractivity contribution in [3.8, 4) is 0 Å². The van der Waals surface area contributed by atoms with Crippen molar-refractivity contribution in [1.82, 2.24) is 4.90 Å². The molecule has 5 rings (SSSR count). The van der Waals surface area contributed by atoms with E-state index in [1.54, 1.807) is 0 Å². The van der Waals surface area contributed by atoms with Crippen LogP contribution in [0.15, 0.2) is 71.9 Å². The topological polar surface area (TPSA) is 29.5 Å². The number of ketones is 1. The molecule has 0 spiro atoms. The SMILES string of the molecule is CC(C)(C)[Si](OCC[C@@H]1CC[C@H]2CCC3=C(CCCC3=O)N12)(c1ccccc1)c1ccccc1. The molecule has 3 aliphatic rings. The zero-order valence-electron chi connectivity index (χ0n) is 21.1. The van der Waals surface area contributed by atoms with Crippen molar-refractivity contribution in [2.45, 2.75) is 89.3 Å². The number of fused-ring (bicyclic) bond motifs is 2. The number of rotatable bonds is 6. The summed E-state index contributed by atoms with van der Waals surface area (Å²) in [5, 5.41) is 2.70. The Kier molecular flexibility index (Phi) is 6.56. The lowest BCUT2D eigenvalue weighted by atomic mass is 9.86.